The zero-order valence-corrected chi connectivity index (χ0v) is 17.6. The van der Waals surface area contributed by atoms with Gasteiger partial charge in [0, 0.05) is 41.4 Å². The van der Waals surface area contributed by atoms with Crippen LogP contribution in [-0.4, -0.2) is 64.8 Å². The Balaban J connectivity index is 1.63. The first-order chi connectivity index (χ1) is 13.7. The van der Waals surface area contributed by atoms with Gasteiger partial charge in [0.05, 0.1) is 12.6 Å². The molecule has 1 N–H and O–H groups in total. The summed E-state index contributed by atoms with van der Waals surface area (Å²) in [5.74, 6) is 2.67. The van der Waals surface area contributed by atoms with Crippen LogP contribution in [0.3, 0.4) is 0 Å². The van der Waals surface area contributed by atoms with Gasteiger partial charge in [-0.15, -0.1) is 0 Å². The number of amides is 1. The van der Waals surface area contributed by atoms with Crippen molar-refractivity contribution in [3.05, 3.63) is 29.8 Å². The average Bonchev–Trinajstić information content (AvgIpc) is 3.06. The van der Waals surface area contributed by atoms with Crippen LogP contribution < -0.4 is 9.46 Å². The fourth-order valence-electron chi connectivity index (χ4n) is 4.74. The van der Waals surface area contributed by atoms with Crippen molar-refractivity contribution < 1.29 is 22.9 Å². The van der Waals surface area contributed by atoms with Gasteiger partial charge in [-0.1, -0.05) is 18.2 Å². The van der Waals surface area contributed by atoms with Crippen molar-refractivity contribution in [2.45, 2.75) is 56.0 Å². The molecule has 3 atom stereocenters. The predicted molar refractivity (Wildman–Crippen MR) is 111 cm³/mol. The molecule has 0 aromatic heterocycles. The maximum Gasteiger partial charge on any atom is 0.260 e. The number of carbonyl (C=O) groups excluding carboxylic acids is 1. The fourth-order valence-corrected chi connectivity index (χ4v) is 5.65. The van der Waals surface area contributed by atoms with Crippen molar-refractivity contribution in [1.29, 1.82) is 0 Å². The largest absolute Gasteiger partial charge is 0.483 e. The molecule has 5 rings (SSSR count). The monoisotopic (exact) mass is 424 g/mol. The van der Waals surface area contributed by atoms with Crippen molar-refractivity contribution in [1.82, 2.24) is 9.62 Å². The van der Waals surface area contributed by atoms with Crippen molar-refractivity contribution in [2.75, 3.05) is 26.0 Å². The number of nitrogens with zero attached hydrogens (tertiary/aromatic N) is 1. The van der Waals surface area contributed by atoms with E-state index < -0.39 is 21.6 Å². The van der Waals surface area contributed by atoms with Gasteiger partial charge >= 0.3 is 0 Å². The highest BCUT2D eigenvalue weighted by Gasteiger charge is 2.43. The Bertz CT molecular complexity index is 867. The summed E-state index contributed by atoms with van der Waals surface area (Å²) in [6.45, 7) is 0.458. The number of para-hydroxylation sites is 1. The number of hydrogen-bond donors (Lipinski definition) is 1. The molecule has 1 aliphatic carbocycles. The minimum atomic E-state index is -2.47. The summed E-state index contributed by atoms with van der Waals surface area (Å²) in [5, 5.41) is 0. The fraction of sp³-hybridized carbons (Fsp3) is 0.619. The van der Waals surface area contributed by atoms with Gasteiger partial charge in [0.2, 0.25) is 5.85 Å². The van der Waals surface area contributed by atoms with Crippen LogP contribution in [0.1, 0.15) is 43.6 Å². The van der Waals surface area contributed by atoms with E-state index in [1.165, 1.54) is 6.26 Å². The second-order valence-electron chi connectivity index (χ2n) is 8.47. The second-order valence-corrected chi connectivity index (χ2v) is 10.7. The van der Waals surface area contributed by atoms with Crippen LogP contribution in [0.4, 0.5) is 4.39 Å². The Kier molecular flexibility index (Phi) is 5.61. The molecule has 2 bridgehead atoms. The summed E-state index contributed by atoms with van der Waals surface area (Å²) in [4.78, 5) is 14.6. The summed E-state index contributed by atoms with van der Waals surface area (Å²) < 4.78 is 42.3. The molecule has 8 heteroatoms. The van der Waals surface area contributed by atoms with Crippen molar-refractivity contribution >= 4 is 21.5 Å². The van der Waals surface area contributed by atoms with Gasteiger partial charge in [-0.05, 0) is 42.7 Å². The zero-order chi connectivity index (χ0) is 20.6. The molecule has 1 amide bonds. The van der Waals surface area contributed by atoms with E-state index in [9.17, 15) is 9.00 Å². The van der Waals surface area contributed by atoms with Gasteiger partial charge in [0.1, 0.15) is 5.75 Å². The van der Waals surface area contributed by atoms with Crippen LogP contribution in [0.15, 0.2) is 24.3 Å². The number of rotatable bonds is 2. The summed E-state index contributed by atoms with van der Waals surface area (Å²) in [7, 11) is -2.47. The molecular formula is C21H29FN2O4S. The maximum absolute atomic E-state index is 15.4. The minimum absolute atomic E-state index is 0.0625. The molecular weight excluding hydrogens is 395 g/mol. The first-order valence-corrected chi connectivity index (χ1v) is 12.3. The van der Waals surface area contributed by atoms with E-state index in [4.69, 9.17) is 9.47 Å². The van der Waals surface area contributed by atoms with Crippen LogP contribution in [0.5, 0.6) is 5.75 Å². The summed E-state index contributed by atoms with van der Waals surface area (Å²) in [6, 6.07) is 7.04. The molecule has 160 valence electrons. The van der Waals surface area contributed by atoms with Crippen LogP contribution in [-0.2, 0) is 19.2 Å². The third kappa shape index (κ3) is 4.59. The number of alkyl halides is 1. The van der Waals surface area contributed by atoms with Gasteiger partial charge in [0.25, 0.3) is 5.91 Å². The van der Waals surface area contributed by atoms with E-state index in [1.54, 1.807) is 4.90 Å². The number of nitrogens with one attached hydrogen (secondary N) is 1. The molecule has 3 heterocycles. The second kappa shape index (κ2) is 7.89. The Morgan fingerprint density at radius 1 is 1.28 bits per heavy atom. The normalized spacial score (nSPS) is 34.8. The number of hydrogen-bond acceptors (Lipinski definition) is 4. The quantitative estimate of drug-likeness (QED) is 0.740. The third-order valence-electron chi connectivity index (χ3n) is 6.22. The van der Waals surface area contributed by atoms with Gasteiger partial charge in [-0.3, -0.25) is 9.00 Å². The third-order valence-corrected chi connectivity index (χ3v) is 7.02. The highest BCUT2D eigenvalue weighted by Crippen LogP contribution is 2.43. The molecule has 6 nitrogen and oxygen atoms in total. The van der Waals surface area contributed by atoms with Crippen LogP contribution in [0.25, 0.3) is 0 Å². The molecule has 2 unspecified atom stereocenters. The minimum Gasteiger partial charge on any atom is -0.483 e. The first kappa shape index (κ1) is 20.6. The van der Waals surface area contributed by atoms with Gasteiger partial charge < -0.3 is 14.4 Å². The maximum atomic E-state index is 15.4. The molecule has 3 aliphatic heterocycles. The molecule has 0 spiro atoms. The highest BCUT2D eigenvalue weighted by molar-refractivity contribution is 7.97. The van der Waals surface area contributed by atoms with E-state index in [1.807, 2.05) is 24.3 Å². The van der Waals surface area contributed by atoms with E-state index in [0.717, 1.165) is 5.56 Å². The molecule has 1 aromatic rings. The highest BCUT2D eigenvalue weighted by atomic mass is 32.2. The number of carbonyl (C=O) groups is 1. The predicted octanol–water partition coefficient (Wildman–Crippen LogP) is 2.24. The Hall–Kier alpha value is -1.64. The van der Waals surface area contributed by atoms with E-state index in [2.05, 4.69) is 10.6 Å². The molecule has 29 heavy (non-hydrogen) atoms. The van der Waals surface area contributed by atoms with E-state index >= 15 is 4.39 Å². The lowest BCUT2D eigenvalue weighted by atomic mass is 9.81. The SMILES string of the molecule is C=S(C)(=O)N[C@H]1CCN2C(=O)COc3ccccc3C3CCC(F)(CC3)OCC12. The summed E-state index contributed by atoms with van der Waals surface area (Å²) >= 11 is 0. The summed E-state index contributed by atoms with van der Waals surface area (Å²) in [6.07, 6.45) is 4.09. The van der Waals surface area contributed by atoms with Crippen molar-refractivity contribution in [2.24, 2.45) is 0 Å². The summed E-state index contributed by atoms with van der Waals surface area (Å²) in [5.41, 5.74) is 1.03. The number of benzene rings is 1. The van der Waals surface area contributed by atoms with Crippen molar-refractivity contribution in [3.63, 3.8) is 0 Å². The standard InChI is InChI=1S/C21H29FN2O4S/c1-29(2,26)23-17-9-12-24-18(17)13-28-21(22)10-7-15(8-11-21)16-5-3-4-6-19(16)27-14-20(24)25/h3-6,15,17-18H,1,7-14H2,2H3,(H,23,26)/t15?,17-,18?,21?,29?/m0/s1. The van der Waals surface area contributed by atoms with Gasteiger partial charge in [-0.25, -0.2) is 9.11 Å². The molecule has 1 saturated heterocycles. The lowest BCUT2D eigenvalue weighted by Gasteiger charge is -2.36. The zero-order valence-electron chi connectivity index (χ0n) is 16.8. The molecule has 1 aromatic carbocycles. The smallest absolute Gasteiger partial charge is 0.260 e. The number of halogens is 1. The van der Waals surface area contributed by atoms with Gasteiger partial charge in [0.15, 0.2) is 6.61 Å². The topological polar surface area (TPSA) is 67.9 Å². The number of fused-ring (bicyclic) bond motifs is 5. The lowest BCUT2D eigenvalue weighted by Crippen LogP contribution is -2.51. The van der Waals surface area contributed by atoms with Crippen LogP contribution in [0, 0.1) is 0 Å². The molecule has 0 radical (unpaired) electrons. The lowest BCUT2D eigenvalue weighted by molar-refractivity contribution is -0.178. The van der Waals surface area contributed by atoms with E-state index in [-0.39, 0.29) is 31.1 Å². The Morgan fingerprint density at radius 3 is 2.72 bits per heavy atom. The Labute approximate surface area is 171 Å². The molecule has 4 aliphatic rings. The molecule has 1 saturated carbocycles. The molecule has 2 fully saturated rings. The van der Waals surface area contributed by atoms with Crippen molar-refractivity contribution in [3.8, 4) is 5.75 Å². The van der Waals surface area contributed by atoms with Crippen LogP contribution >= 0.6 is 0 Å². The Morgan fingerprint density at radius 2 is 2.00 bits per heavy atom. The van der Waals surface area contributed by atoms with Crippen LogP contribution in [0.2, 0.25) is 0 Å². The van der Waals surface area contributed by atoms with Gasteiger partial charge in [-0.2, -0.15) is 0 Å². The number of ether oxygens (including phenoxy) is 2. The van der Waals surface area contributed by atoms with E-state index in [0.29, 0.717) is 44.4 Å². The first-order valence-electron chi connectivity index (χ1n) is 10.2. The average molecular weight is 425 g/mol.